The van der Waals surface area contributed by atoms with E-state index in [-0.39, 0.29) is 17.7 Å². The van der Waals surface area contributed by atoms with Gasteiger partial charge in [-0.25, -0.2) is 9.52 Å². The van der Waals surface area contributed by atoms with Crippen molar-refractivity contribution in [3.63, 3.8) is 0 Å². The van der Waals surface area contributed by atoms with Crippen LogP contribution in [0.5, 0.6) is 0 Å². The molecule has 1 aromatic rings. The average Bonchev–Trinajstić information content (AvgIpc) is 3.14. The van der Waals surface area contributed by atoms with Gasteiger partial charge in [-0.15, -0.1) is 0 Å². The first-order valence-electron chi connectivity index (χ1n) is 10.7. The van der Waals surface area contributed by atoms with E-state index >= 15 is 0 Å². The zero-order chi connectivity index (χ0) is 22.3. The van der Waals surface area contributed by atoms with Crippen LogP contribution in [0.3, 0.4) is 0 Å². The summed E-state index contributed by atoms with van der Waals surface area (Å²) in [6.45, 7) is 11.1. The number of nitrogens with one attached hydrogen (secondary N) is 2. The van der Waals surface area contributed by atoms with Gasteiger partial charge in [0.25, 0.3) is 11.8 Å². The maximum atomic E-state index is 13.2. The third kappa shape index (κ3) is 4.16. The van der Waals surface area contributed by atoms with Crippen LogP contribution in [0.2, 0.25) is 0 Å². The summed E-state index contributed by atoms with van der Waals surface area (Å²) in [6.07, 6.45) is 0. The van der Waals surface area contributed by atoms with Gasteiger partial charge in [-0.1, -0.05) is 31.5 Å². The lowest BCUT2D eigenvalue weighted by atomic mass is 10.1. The van der Waals surface area contributed by atoms with E-state index < -0.39 is 12.1 Å². The van der Waals surface area contributed by atoms with Crippen molar-refractivity contribution >= 4 is 35.5 Å². The zero-order valence-electron chi connectivity index (χ0n) is 18.4. The number of benzene rings is 1. The SMILES string of the molecule is Cc1ccc(N2CCN(C(=O)C3=C4NC(=O)N(CC(C)C)C(=O)C4NS3)CC2)c(C)c1. The number of urea groups is 1. The van der Waals surface area contributed by atoms with E-state index in [0.29, 0.717) is 30.2 Å². The van der Waals surface area contributed by atoms with E-state index in [0.717, 1.165) is 25.0 Å². The minimum atomic E-state index is -0.683. The van der Waals surface area contributed by atoms with Crippen LogP contribution in [0.25, 0.3) is 0 Å². The van der Waals surface area contributed by atoms with E-state index in [4.69, 9.17) is 0 Å². The largest absolute Gasteiger partial charge is 0.368 e. The van der Waals surface area contributed by atoms with E-state index in [9.17, 15) is 14.4 Å². The van der Waals surface area contributed by atoms with Crippen LogP contribution < -0.4 is 14.9 Å². The molecule has 3 aliphatic rings. The van der Waals surface area contributed by atoms with Gasteiger partial charge in [0, 0.05) is 38.4 Å². The molecule has 0 saturated carbocycles. The van der Waals surface area contributed by atoms with Crippen LogP contribution in [-0.2, 0) is 9.59 Å². The molecule has 3 heterocycles. The van der Waals surface area contributed by atoms with Crippen LogP contribution >= 0.6 is 11.9 Å². The van der Waals surface area contributed by atoms with Gasteiger partial charge in [-0.05, 0) is 43.3 Å². The zero-order valence-corrected chi connectivity index (χ0v) is 19.2. The molecule has 2 fully saturated rings. The Balaban J connectivity index is 1.45. The summed E-state index contributed by atoms with van der Waals surface area (Å²) in [7, 11) is 0. The van der Waals surface area contributed by atoms with Crippen molar-refractivity contribution in [3.05, 3.63) is 39.9 Å². The molecule has 2 N–H and O–H groups in total. The molecule has 0 aromatic heterocycles. The normalized spacial score (nSPS) is 21.7. The first-order valence-corrected chi connectivity index (χ1v) is 11.5. The molecule has 0 aliphatic carbocycles. The lowest BCUT2D eigenvalue weighted by Crippen LogP contribution is -2.58. The standard InChI is InChI=1S/C22H29N5O3S/c1-13(2)12-27-20(28)18-17(23-22(27)30)19(31-24-18)21(29)26-9-7-25(8-10-26)16-6-5-14(3)11-15(16)4/h5-6,11,13,18,24H,7-10,12H2,1-4H3,(H,23,30). The van der Waals surface area contributed by atoms with E-state index in [2.05, 4.69) is 47.0 Å². The molecule has 166 valence electrons. The maximum absolute atomic E-state index is 13.2. The second-order valence-electron chi connectivity index (χ2n) is 8.74. The third-order valence-corrected chi connectivity index (χ3v) is 6.77. The number of hydrogen-bond acceptors (Lipinski definition) is 6. The molecule has 1 aromatic carbocycles. The Morgan fingerprint density at radius 1 is 1.16 bits per heavy atom. The van der Waals surface area contributed by atoms with Crippen LogP contribution in [0, 0.1) is 19.8 Å². The average molecular weight is 444 g/mol. The number of rotatable bonds is 4. The number of imide groups is 1. The van der Waals surface area contributed by atoms with Gasteiger partial charge in [-0.2, -0.15) is 0 Å². The molecule has 2 saturated heterocycles. The number of hydrogen-bond donors (Lipinski definition) is 2. The first kappa shape index (κ1) is 21.7. The van der Waals surface area contributed by atoms with Crippen LogP contribution in [0.15, 0.2) is 28.8 Å². The van der Waals surface area contributed by atoms with Gasteiger partial charge in [0.15, 0.2) is 0 Å². The highest BCUT2D eigenvalue weighted by Crippen LogP contribution is 2.32. The molecule has 8 nitrogen and oxygen atoms in total. The highest BCUT2D eigenvalue weighted by molar-refractivity contribution is 8.02. The van der Waals surface area contributed by atoms with Gasteiger partial charge >= 0.3 is 6.03 Å². The molecule has 0 spiro atoms. The lowest BCUT2D eigenvalue weighted by Gasteiger charge is -2.37. The number of nitrogens with zero attached hydrogens (tertiary/aromatic N) is 3. The summed E-state index contributed by atoms with van der Waals surface area (Å²) < 4.78 is 3.03. The van der Waals surface area contributed by atoms with Crippen molar-refractivity contribution in [1.29, 1.82) is 0 Å². The third-order valence-electron chi connectivity index (χ3n) is 5.81. The maximum Gasteiger partial charge on any atom is 0.328 e. The van der Waals surface area contributed by atoms with Crippen molar-refractivity contribution in [2.45, 2.75) is 33.7 Å². The Morgan fingerprint density at radius 3 is 2.52 bits per heavy atom. The van der Waals surface area contributed by atoms with Crippen molar-refractivity contribution in [2.75, 3.05) is 37.6 Å². The molecule has 31 heavy (non-hydrogen) atoms. The Kier molecular flexibility index (Phi) is 5.98. The lowest BCUT2D eigenvalue weighted by molar-refractivity contribution is -0.130. The smallest absolute Gasteiger partial charge is 0.328 e. The van der Waals surface area contributed by atoms with Crippen LogP contribution in [0.1, 0.15) is 25.0 Å². The Labute approximate surface area is 187 Å². The molecule has 1 atom stereocenters. The number of carbonyl (C=O) groups is 3. The van der Waals surface area contributed by atoms with Gasteiger partial charge in [0.1, 0.15) is 10.9 Å². The second-order valence-corrected chi connectivity index (χ2v) is 9.59. The summed E-state index contributed by atoms with van der Waals surface area (Å²) in [5.41, 5.74) is 4.06. The highest BCUT2D eigenvalue weighted by Gasteiger charge is 2.45. The molecular weight excluding hydrogens is 414 g/mol. The number of piperazine rings is 1. The topological polar surface area (TPSA) is 85.0 Å². The monoisotopic (exact) mass is 443 g/mol. The van der Waals surface area contributed by atoms with Crippen LogP contribution in [0.4, 0.5) is 10.5 Å². The molecule has 9 heteroatoms. The Bertz CT molecular complexity index is 952. The van der Waals surface area contributed by atoms with Crippen molar-refractivity contribution in [3.8, 4) is 0 Å². The van der Waals surface area contributed by atoms with Crippen molar-refractivity contribution in [1.82, 2.24) is 19.8 Å². The molecular formula is C22H29N5O3S. The Morgan fingerprint density at radius 2 is 1.87 bits per heavy atom. The van der Waals surface area contributed by atoms with Crippen molar-refractivity contribution in [2.24, 2.45) is 5.92 Å². The van der Waals surface area contributed by atoms with E-state index in [1.165, 1.54) is 21.7 Å². The predicted molar refractivity (Wildman–Crippen MR) is 121 cm³/mol. The quantitative estimate of drug-likeness (QED) is 0.693. The molecule has 0 bridgehead atoms. The van der Waals surface area contributed by atoms with Gasteiger partial charge < -0.3 is 15.1 Å². The number of fused-ring (bicyclic) bond motifs is 1. The molecule has 0 radical (unpaired) electrons. The fraction of sp³-hybridized carbons (Fsp3) is 0.500. The highest BCUT2D eigenvalue weighted by atomic mass is 32.2. The fourth-order valence-corrected chi connectivity index (χ4v) is 5.21. The van der Waals surface area contributed by atoms with Gasteiger partial charge in [0.05, 0.1) is 5.70 Å². The second kappa shape index (κ2) is 8.55. The predicted octanol–water partition coefficient (Wildman–Crippen LogP) is 1.99. The summed E-state index contributed by atoms with van der Waals surface area (Å²) >= 11 is 1.14. The minimum Gasteiger partial charge on any atom is -0.368 e. The number of carbonyl (C=O) groups excluding carboxylic acids is 3. The van der Waals surface area contributed by atoms with Gasteiger partial charge in [-0.3, -0.25) is 14.5 Å². The summed E-state index contributed by atoms with van der Waals surface area (Å²) in [5.74, 6) is -0.271. The van der Waals surface area contributed by atoms with E-state index in [1.807, 2.05) is 13.8 Å². The number of anilines is 1. The Hall–Kier alpha value is -2.52. The number of aryl methyl sites for hydroxylation is 2. The first-order chi connectivity index (χ1) is 14.8. The van der Waals surface area contributed by atoms with Gasteiger partial charge in [0.2, 0.25) is 0 Å². The molecule has 1 unspecified atom stereocenters. The fourth-order valence-electron chi connectivity index (χ4n) is 4.26. The van der Waals surface area contributed by atoms with Crippen molar-refractivity contribution < 1.29 is 14.4 Å². The summed E-state index contributed by atoms with van der Waals surface area (Å²) in [5, 5.41) is 2.79. The summed E-state index contributed by atoms with van der Waals surface area (Å²) in [4.78, 5) is 44.2. The minimum absolute atomic E-state index is 0.138. The summed E-state index contributed by atoms with van der Waals surface area (Å²) in [6, 6.07) is 5.28. The molecule has 3 aliphatic heterocycles. The number of amides is 4. The molecule has 4 amide bonds. The van der Waals surface area contributed by atoms with Crippen LogP contribution in [-0.4, -0.2) is 66.4 Å². The molecule has 4 rings (SSSR count). The van der Waals surface area contributed by atoms with E-state index in [1.54, 1.807) is 4.90 Å².